The Hall–Kier alpha value is -1.77. The van der Waals surface area contributed by atoms with Crippen molar-refractivity contribution in [3.05, 3.63) is 47.8 Å². The number of aromatic nitrogens is 2. The molecule has 0 saturated carbocycles. The molecule has 0 amide bonds. The van der Waals surface area contributed by atoms with Crippen LogP contribution in [0.4, 0.5) is 5.69 Å². The van der Waals surface area contributed by atoms with Gasteiger partial charge in [0.25, 0.3) is 0 Å². The second kappa shape index (κ2) is 10.7. The Labute approximate surface area is 185 Å². The molecule has 2 atom stereocenters. The summed E-state index contributed by atoms with van der Waals surface area (Å²) in [6, 6.07) is 9.16. The summed E-state index contributed by atoms with van der Waals surface area (Å²) in [4.78, 5) is 6.82. The molecule has 3 rings (SSSR count). The monoisotopic (exact) mass is 496 g/mol. The summed E-state index contributed by atoms with van der Waals surface area (Å²) in [6.07, 6.45) is 6.35. The molecule has 0 bridgehead atoms. The molecule has 2 aromatic rings. The van der Waals surface area contributed by atoms with E-state index < -0.39 is 0 Å². The molecule has 1 aliphatic heterocycles. The minimum Gasteiger partial charge on any atom is -0.367 e. The van der Waals surface area contributed by atoms with Gasteiger partial charge in [0.2, 0.25) is 0 Å². The van der Waals surface area contributed by atoms with E-state index in [1.165, 1.54) is 23.2 Å². The lowest BCUT2D eigenvalue weighted by molar-refractivity contribution is 0.467. The summed E-state index contributed by atoms with van der Waals surface area (Å²) in [5.74, 6) is 1.31. The van der Waals surface area contributed by atoms with E-state index in [-0.39, 0.29) is 24.0 Å². The first-order chi connectivity index (χ1) is 13.0. The van der Waals surface area contributed by atoms with Gasteiger partial charge in [-0.3, -0.25) is 9.67 Å². The molecule has 0 radical (unpaired) electrons. The SMILES string of the molecule is CN=C(NCC(C)c1ccc(C)cc1)NC1CCCN(c2cnn(C)c2)C1.I. The first-order valence-electron chi connectivity index (χ1n) is 9.82. The smallest absolute Gasteiger partial charge is 0.191 e. The molecule has 1 aromatic heterocycles. The van der Waals surface area contributed by atoms with Crippen LogP contribution in [0.25, 0.3) is 0 Å². The first kappa shape index (κ1) is 22.5. The van der Waals surface area contributed by atoms with Crippen LogP contribution in [0.3, 0.4) is 0 Å². The number of aryl methyl sites for hydroxylation is 2. The van der Waals surface area contributed by atoms with Gasteiger partial charge in [0.05, 0.1) is 11.9 Å². The lowest BCUT2D eigenvalue weighted by Crippen LogP contribution is -2.51. The van der Waals surface area contributed by atoms with Crippen molar-refractivity contribution in [2.24, 2.45) is 12.0 Å². The van der Waals surface area contributed by atoms with E-state index in [9.17, 15) is 0 Å². The number of aliphatic imine (C=N–C) groups is 1. The van der Waals surface area contributed by atoms with Crippen LogP contribution in [0.15, 0.2) is 41.7 Å². The van der Waals surface area contributed by atoms with Gasteiger partial charge in [-0.2, -0.15) is 5.10 Å². The molecule has 7 heteroatoms. The van der Waals surface area contributed by atoms with Crippen molar-refractivity contribution in [3.63, 3.8) is 0 Å². The fourth-order valence-corrected chi connectivity index (χ4v) is 3.55. The van der Waals surface area contributed by atoms with E-state index >= 15 is 0 Å². The molecule has 1 aromatic carbocycles. The number of anilines is 1. The molecule has 6 nitrogen and oxygen atoms in total. The average molecular weight is 496 g/mol. The van der Waals surface area contributed by atoms with Gasteiger partial charge in [-0.05, 0) is 31.2 Å². The molecule has 2 N–H and O–H groups in total. The van der Waals surface area contributed by atoms with Gasteiger partial charge in [0.15, 0.2) is 5.96 Å². The molecule has 2 heterocycles. The third-order valence-corrected chi connectivity index (χ3v) is 5.26. The zero-order valence-electron chi connectivity index (χ0n) is 17.4. The minimum absolute atomic E-state index is 0. The Balaban J connectivity index is 0.00000280. The van der Waals surface area contributed by atoms with Crippen molar-refractivity contribution >= 4 is 35.6 Å². The lowest BCUT2D eigenvalue weighted by atomic mass is 10.00. The van der Waals surface area contributed by atoms with Crippen LogP contribution < -0.4 is 15.5 Å². The second-order valence-electron chi connectivity index (χ2n) is 7.57. The molecular weight excluding hydrogens is 463 g/mol. The Bertz CT molecular complexity index is 755. The number of halogens is 1. The van der Waals surface area contributed by atoms with Gasteiger partial charge in [-0.25, -0.2) is 0 Å². The van der Waals surface area contributed by atoms with Gasteiger partial charge in [0, 0.05) is 46.0 Å². The predicted octanol–water partition coefficient (Wildman–Crippen LogP) is 3.28. The van der Waals surface area contributed by atoms with Crippen LogP contribution in [0.2, 0.25) is 0 Å². The van der Waals surface area contributed by atoms with Gasteiger partial charge >= 0.3 is 0 Å². The summed E-state index contributed by atoms with van der Waals surface area (Å²) in [6.45, 7) is 7.29. The number of piperidine rings is 1. The third kappa shape index (κ3) is 6.12. The summed E-state index contributed by atoms with van der Waals surface area (Å²) in [5.41, 5.74) is 3.84. The van der Waals surface area contributed by atoms with Crippen LogP contribution in [0.1, 0.15) is 36.8 Å². The molecular formula is C21H33IN6. The number of benzene rings is 1. The maximum atomic E-state index is 4.42. The molecule has 1 saturated heterocycles. The Morgan fingerprint density at radius 2 is 2.07 bits per heavy atom. The zero-order valence-corrected chi connectivity index (χ0v) is 19.7. The third-order valence-electron chi connectivity index (χ3n) is 5.26. The quantitative estimate of drug-likeness (QED) is 0.379. The van der Waals surface area contributed by atoms with Crippen LogP contribution in [-0.4, -0.2) is 48.5 Å². The summed E-state index contributed by atoms with van der Waals surface area (Å²) < 4.78 is 1.86. The van der Waals surface area contributed by atoms with Crippen LogP contribution >= 0.6 is 24.0 Å². The molecule has 1 aliphatic rings. The van der Waals surface area contributed by atoms with Gasteiger partial charge in [-0.1, -0.05) is 36.8 Å². The standard InChI is InChI=1S/C21H32N6.HI/c1-16-7-9-18(10-8-16)17(2)12-23-21(22-3)25-19-6-5-11-27(14-19)20-13-24-26(4)15-20;/h7-10,13,15,17,19H,5-6,11-12,14H2,1-4H3,(H2,22,23,25);1H. The number of nitrogens with zero attached hydrogens (tertiary/aromatic N) is 4. The zero-order chi connectivity index (χ0) is 19.2. The number of nitrogens with one attached hydrogen (secondary N) is 2. The van der Waals surface area contributed by atoms with Gasteiger partial charge in [0.1, 0.15) is 0 Å². The van der Waals surface area contributed by atoms with E-state index in [1.807, 2.05) is 25.0 Å². The van der Waals surface area contributed by atoms with Crippen LogP contribution in [-0.2, 0) is 7.05 Å². The summed E-state index contributed by atoms with van der Waals surface area (Å²) in [5, 5.41) is 11.4. The molecule has 154 valence electrons. The highest BCUT2D eigenvalue weighted by Crippen LogP contribution is 2.19. The number of hydrogen-bond acceptors (Lipinski definition) is 3. The van der Waals surface area contributed by atoms with E-state index in [2.05, 4.69) is 69.9 Å². The average Bonchev–Trinajstić information content (AvgIpc) is 3.12. The first-order valence-corrected chi connectivity index (χ1v) is 9.82. The molecule has 2 unspecified atom stereocenters. The summed E-state index contributed by atoms with van der Waals surface area (Å²) in [7, 11) is 3.80. The van der Waals surface area contributed by atoms with Crippen molar-refractivity contribution in [2.45, 2.75) is 38.6 Å². The van der Waals surface area contributed by atoms with Crippen LogP contribution in [0, 0.1) is 6.92 Å². The van der Waals surface area contributed by atoms with E-state index in [0.29, 0.717) is 12.0 Å². The summed E-state index contributed by atoms with van der Waals surface area (Å²) >= 11 is 0. The second-order valence-corrected chi connectivity index (χ2v) is 7.57. The predicted molar refractivity (Wildman–Crippen MR) is 128 cm³/mol. The lowest BCUT2D eigenvalue weighted by Gasteiger charge is -2.34. The normalized spacial score (nSPS) is 18.4. The van der Waals surface area contributed by atoms with Crippen molar-refractivity contribution in [2.75, 3.05) is 31.6 Å². The van der Waals surface area contributed by atoms with Crippen molar-refractivity contribution in [3.8, 4) is 0 Å². The van der Waals surface area contributed by atoms with E-state index in [4.69, 9.17) is 0 Å². The fraction of sp³-hybridized carbons (Fsp3) is 0.524. The van der Waals surface area contributed by atoms with Crippen LogP contribution in [0.5, 0.6) is 0 Å². The molecule has 0 spiro atoms. The maximum Gasteiger partial charge on any atom is 0.191 e. The highest BCUT2D eigenvalue weighted by molar-refractivity contribution is 14.0. The van der Waals surface area contributed by atoms with Gasteiger partial charge in [-0.15, -0.1) is 24.0 Å². The van der Waals surface area contributed by atoms with Crippen molar-refractivity contribution in [1.29, 1.82) is 0 Å². The number of hydrogen-bond donors (Lipinski definition) is 2. The van der Waals surface area contributed by atoms with Crippen molar-refractivity contribution < 1.29 is 0 Å². The Morgan fingerprint density at radius 3 is 2.71 bits per heavy atom. The largest absolute Gasteiger partial charge is 0.367 e. The molecule has 0 aliphatic carbocycles. The Morgan fingerprint density at radius 1 is 1.32 bits per heavy atom. The van der Waals surface area contributed by atoms with E-state index in [1.54, 1.807) is 0 Å². The molecule has 1 fully saturated rings. The number of guanidine groups is 1. The van der Waals surface area contributed by atoms with E-state index in [0.717, 1.165) is 32.0 Å². The Kier molecular flexibility index (Phi) is 8.59. The topological polar surface area (TPSA) is 57.5 Å². The highest BCUT2D eigenvalue weighted by atomic mass is 127. The fourth-order valence-electron chi connectivity index (χ4n) is 3.55. The maximum absolute atomic E-state index is 4.42. The number of rotatable bonds is 5. The van der Waals surface area contributed by atoms with Crippen molar-refractivity contribution in [1.82, 2.24) is 20.4 Å². The van der Waals surface area contributed by atoms with Gasteiger partial charge < -0.3 is 15.5 Å². The molecule has 28 heavy (non-hydrogen) atoms. The minimum atomic E-state index is 0. The highest BCUT2D eigenvalue weighted by Gasteiger charge is 2.22.